The van der Waals surface area contributed by atoms with Crippen LogP contribution in [0.1, 0.15) is 33.6 Å². The van der Waals surface area contributed by atoms with Gasteiger partial charge in [0.25, 0.3) is 0 Å². The zero-order valence-electron chi connectivity index (χ0n) is 16.4. The molecule has 152 valence electrons. The minimum absolute atomic E-state index is 0.0996. The number of urea groups is 1. The summed E-state index contributed by atoms with van der Waals surface area (Å²) in [5.41, 5.74) is 0.586. The highest BCUT2D eigenvalue weighted by molar-refractivity contribution is 7.89. The molecule has 0 aliphatic carbocycles. The van der Waals surface area contributed by atoms with E-state index in [1.807, 2.05) is 20.8 Å². The molecular formula is C18H30N4O4S. The third kappa shape index (κ3) is 7.96. The average Bonchev–Trinajstić information content (AvgIpc) is 2.63. The van der Waals surface area contributed by atoms with Crippen LogP contribution in [0.15, 0.2) is 29.2 Å². The van der Waals surface area contributed by atoms with Crippen molar-refractivity contribution in [2.75, 3.05) is 32.0 Å². The molecule has 3 N–H and O–H groups in total. The maximum absolute atomic E-state index is 12.4. The van der Waals surface area contributed by atoms with E-state index in [1.165, 1.54) is 16.4 Å². The van der Waals surface area contributed by atoms with E-state index in [-0.39, 0.29) is 11.4 Å². The van der Waals surface area contributed by atoms with Gasteiger partial charge < -0.3 is 10.6 Å². The summed E-state index contributed by atoms with van der Waals surface area (Å²) in [6, 6.07) is 5.63. The van der Waals surface area contributed by atoms with E-state index < -0.39 is 22.0 Å². The van der Waals surface area contributed by atoms with Crippen molar-refractivity contribution in [3.8, 4) is 0 Å². The molecule has 0 unspecified atom stereocenters. The number of hydrogen-bond donors (Lipinski definition) is 3. The van der Waals surface area contributed by atoms with Crippen molar-refractivity contribution in [2.45, 2.75) is 38.5 Å². The number of amides is 3. The number of sulfonamides is 1. The van der Waals surface area contributed by atoms with Gasteiger partial charge in [-0.1, -0.05) is 27.2 Å². The van der Waals surface area contributed by atoms with Gasteiger partial charge in [-0.3, -0.25) is 10.1 Å². The molecule has 0 aliphatic rings. The fourth-order valence-corrected chi connectivity index (χ4v) is 3.33. The molecule has 9 heteroatoms. The molecule has 0 fully saturated rings. The lowest BCUT2D eigenvalue weighted by Crippen LogP contribution is -2.43. The number of anilines is 1. The van der Waals surface area contributed by atoms with Crippen molar-refractivity contribution in [1.29, 1.82) is 0 Å². The molecule has 27 heavy (non-hydrogen) atoms. The van der Waals surface area contributed by atoms with Crippen molar-refractivity contribution in [3.63, 3.8) is 0 Å². The van der Waals surface area contributed by atoms with Gasteiger partial charge >= 0.3 is 6.03 Å². The van der Waals surface area contributed by atoms with Crippen molar-refractivity contribution in [2.24, 2.45) is 5.92 Å². The summed E-state index contributed by atoms with van der Waals surface area (Å²) in [6.07, 6.45) is 1.72. The lowest BCUT2D eigenvalue weighted by atomic mass is 10.2. The third-order valence-corrected chi connectivity index (χ3v) is 5.64. The van der Waals surface area contributed by atoms with Crippen molar-refractivity contribution in [1.82, 2.24) is 14.9 Å². The van der Waals surface area contributed by atoms with Crippen LogP contribution in [-0.2, 0) is 14.8 Å². The van der Waals surface area contributed by atoms with E-state index in [2.05, 4.69) is 16.0 Å². The Morgan fingerprint density at radius 2 is 1.78 bits per heavy atom. The van der Waals surface area contributed by atoms with Crippen LogP contribution in [-0.4, -0.2) is 51.3 Å². The van der Waals surface area contributed by atoms with E-state index in [4.69, 9.17) is 0 Å². The zero-order chi connectivity index (χ0) is 20.4. The van der Waals surface area contributed by atoms with Gasteiger partial charge in [-0.2, -0.15) is 0 Å². The Kier molecular flexibility index (Phi) is 9.23. The summed E-state index contributed by atoms with van der Waals surface area (Å²) in [5, 5.41) is 7.67. The van der Waals surface area contributed by atoms with Crippen molar-refractivity contribution >= 4 is 27.6 Å². The molecule has 8 nitrogen and oxygen atoms in total. The van der Waals surface area contributed by atoms with Crippen LogP contribution < -0.4 is 16.0 Å². The first kappa shape index (κ1) is 22.9. The standard InChI is InChI=1S/C18H30N4O4S/c1-5-6-11-22(4)27(25,26)16-9-7-15(8-10-16)19-13-17(23)21-18(24)20-12-14(2)3/h7-10,14,19H,5-6,11-13H2,1-4H3,(H2,20,21,23,24). The topological polar surface area (TPSA) is 108 Å². The molecule has 1 rings (SSSR count). The molecule has 0 aromatic heterocycles. The zero-order valence-corrected chi connectivity index (χ0v) is 17.2. The third-order valence-electron chi connectivity index (χ3n) is 3.77. The second-order valence-electron chi connectivity index (χ2n) is 6.71. The highest BCUT2D eigenvalue weighted by Gasteiger charge is 2.19. The van der Waals surface area contributed by atoms with Crippen LogP contribution in [0, 0.1) is 5.92 Å². The Labute approximate surface area is 161 Å². The smallest absolute Gasteiger partial charge is 0.321 e. The summed E-state index contributed by atoms with van der Waals surface area (Å²) in [5.74, 6) is -0.188. The van der Waals surface area contributed by atoms with E-state index >= 15 is 0 Å². The number of benzene rings is 1. The maximum atomic E-state index is 12.4. The molecule has 0 saturated carbocycles. The van der Waals surface area contributed by atoms with E-state index in [9.17, 15) is 18.0 Å². The van der Waals surface area contributed by atoms with Crippen LogP contribution in [0.3, 0.4) is 0 Å². The number of hydrogen-bond acceptors (Lipinski definition) is 5. The quantitative estimate of drug-likeness (QED) is 0.559. The number of carbonyl (C=O) groups is 2. The number of rotatable bonds is 10. The molecular weight excluding hydrogens is 368 g/mol. The summed E-state index contributed by atoms with van der Waals surface area (Å²) in [4.78, 5) is 23.5. The average molecular weight is 399 g/mol. The number of imide groups is 1. The summed E-state index contributed by atoms with van der Waals surface area (Å²) in [7, 11) is -1.95. The Hall–Kier alpha value is -2.13. The minimum atomic E-state index is -3.52. The first-order valence-corrected chi connectivity index (χ1v) is 10.5. The van der Waals surface area contributed by atoms with Gasteiger partial charge in [0.05, 0.1) is 11.4 Å². The molecule has 1 aromatic rings. The van der Waals surface area contributed by atoms with Gasteiger partial charge in [0.15, 0.2) is 0 Å². The lowest BCUT2D eigenvalue weighted by Gasteiger charge is -2.17. The second kappa shape index (κ2) is 10.9. The van der Waals surface area contributed by atoms with Crippen molar-refractivity contribution < 1.29 is 18.0 Å². The lowest BCUT2D eigenvalue weighted by molar-refractivity contribution is -0.118. The van der Waals surface area contributed by atoms with Gasteiger partial charge in [0.1, 0.15) is 0 Å². The highest BCUT2D eigenvalue weighted by Crippen LogP contribution is 2.17. The molecule has 0 aliphatic heterocycles. The van der Waals surface area contributed by atoms with Gasteiger partial charge in [-0.05, 0) is 36.6 Å². The summed E-state index contributed by atoms with van der Waals surface area (Å²) < 4.78 is 26.2. The van der Waals surface area contributed by atoms with E-state index in [1.54, 1.807) is 19.2 Å². The Balaban J connectivity index is 2.55. The number of carbonyl (C=O) groups excluding carboxylic acids is 2. The van der Waals surface area contributed by atoms with Crippen LogP contribution in [0.25, 0.3) is 0 Å². The molecule has 0 heterocycles. The van der Waals surface area contributed by atoms with Crippen molar-refractivity contribution in [3.05, 3.63) is 24.3 Å². The molecule has 0 saturated heterocycles. The normalized spacial score (nSPS) is 11.5. The summed E-state index contributed by atoms with van der Waals surface area (Å²) >= 11 is 0. The molecule has 0 atom stereocenters. The SMILES string of the molecule is CCCCN(C)S(=O)(=O)c1ccc(NCC(=O)NC(=O)NCC(C)C)cc1. The fraction of sp³-hybridized carbons (Fsp3) is 0.556. The molecule has 3 amide bonds. The Morgan fingerprint density at radius 3 is 2.33 bits per heavy atom. The Morgan fingerprint density at radius 1 is 1.15 bits per heavy atom. The maximum Gasteiger partial charge on any atom is 0.321 e. The van der Waals surface area contributed by atoms with Crippen LogP contribution in [0.5, 0.6) is 0 Å². The highest BCUT2D eigenvalue weighted by atomic mass is 32.2. The largest absolute Gasteiger partial charge is 0.376 e. The van der Waals surface area contributed by atoms with Crippen LogP contribution in [0.4, 0.5) is 10.5 Å². The van der Waals surface area contributed by atoms with E-state index in [0.29, 0.717) is 24.7 Å². The van der Waals surface area contributed by atoms with Crippen LogP contribution in [0.2, 0.25) is 0 Å². The minimum Gasteiger partial charge on any atom is -0.376 e. The predicted octanol–water partition coefficient (Wildman–Crippen LogP) is 2.00. The Bertz CT molecular complexity index is 717. The number of nitrogens with zero attached hydrogens (tertiary/aromatic N) is 1. The second-order valence-corrected chi connectivity index (χ2v) is 8.75. The molecule has 0 radical (unpaired) electrons. The van der Waals surface area contributed by atoms with Gasteiger partial charge in [0, 0.05) is 25.8 Å². The molecule has 0 spiro atoms. The van der Waals surface area contributed by atoms with E-state index in [0.717, 1.165) is 12.8 Å². The first-order chi connectivity index (χ1) is 12.7. The monoisotopic (exact) mass is 398 g/mol. The first-order valence-electron chi connectivity index (χ1n) is 9.04. The van der Waals surface area contributed by atoms with Crippen LogP contribution >= 0.6 is 0 Å². The van der Waals surface area contributed by atoms with Gasteiger partial charge in [-0.15, -0.1) is 0 Å². The number of nitrogens with one attached hydrogen (secondary N) is 3. The predicted molar refractivity (Wildman–Crippen MR) is 106 cm³/mol. The van der Waals surface area contributed by atoms with Gasteiger partial charge in [0.2, 0.25) is 15.9 Å². The number of unbranched alkanes of at least 4 members (excludes halogenated alkanes) is 1. The van der Waals surface area contributed by atoms with Gasteiger partial charge in [-0.25, -0.2) is 17.5 Å². The fourth-order valence-electron chi connectivity index (χ4n) is 2.12. The molecule has 1 aromatic carbocycles. The summed E-state index contributed by atoms with van der Waals surface area (Å²) in [6.45, 7) is 6.76. The molecule has 0 bridgehead atoms.